The molecule has 5 rings (SSSR count). The fourth-order valence-corrected chi connectivity index (χ4v) is 4.55. The fourth-order valence-electron chi connectivity index (χ4n) is 4.55. The smallest absolute Gasteiger partial charge is 0.277 e. The second kappa shape index (κ2) is 12.1. The lowest BCUT2D eigenvalue weighted by Crippen LogP contribution is -2.34. The number of rotatable bonds is 9. The SMILES string of the molecule is Cc1cccc(C=NNC(=O)COc2ccc3ccccc3c2-c2c(OCC(=O)NN)ccc3ccccc23)c1. The Bertz CT molecular complexity index is 1730. The highest BCUT2D eigenvalue weighted by Gasteiger charge is 2.20. The highest BCUT2D eigenvalue weighted by atomic mass is 16.5. The van der Waals surface area contributed by atoms with Crippen LogP contribution in [0.4, 0.5) is 0 Å². The number of carbonyl (C=O) groups is 2. The van der Waals surface area contributed by atoms with Gasteiger partial charge in [0.15, 0.2) is 13.2 Å². The molecule has 200 valence electrons. The Balaban J connectivity index is 1.51. The summed E-state index contributed by atoms with van der Waals surface area (Å²) in [4.78, 5) is 24.5. The lowest BCUT2D eigenvalue weighted by molar-refractivity contribution is -0.123. The van der Waals surface area contributed by atoms with Gasteiger partial charge in [-0.05, 0) is 46.2 Å². The van der Waals surface area contributed by atoms with E-state index >= 15 is 0 Å². The number of carbonyl (C=O) groups excluding carboxylic acids is 2. The van der Waals surface area contributed by atoms with E-state index in [0.717, 1.165) is 43.8 Å². The van der Waals surface area contributed by atoms with Crippen LogP contribution in [0.25, 0.3) is 32.7 Å². The Hall–Kier alpha value is -5.21. The van der Waals surface area contributed by atoms with Gasteiger partial charge in [-0.25, -0.2) is 11.3 Å². The van der Waals surface area contributed by atoms with Crippen LogP contribution in [0, 0.1) is 6.92 Å². The molecule has 0 atom stereocenters. The topological polar surface area (TPSA) is 115 Å². The zero-order valence-electron chi connectivity index (χ0n) is 21.9. The van der Waals surface area contributed by atoms with Crippen molar-refractivity contribution >= 4 is 39.6 Å². The Morgan fingerprint density at radius 1 is 0.750 bits per heavy atom. The molecule has 0 saturated carbocycles. The monoisotopic (exact) mass is 532 g/mol. The summed E-state index contributed by atoms with van der Waals surface area (Å²) < 4.78 is 12.0. The number of benzene rings is 5. The van der Waals surface area contributed by atoms with Crippen molar-refractivity contribution in [2.24, 2.45) is 10.9 Å². The maximum absolute atomic E-state index is 12.6. The van der Waals surface area contributed by atoms with E-state index in [-0.39, 0.29) is 13.2 Å². The van der Waals surface area contributed by atoms with Crippen molar-refractivity contribution < 1.29 is 19.1 Å². The van der Waals surface area contributed by atoms with Crippen LogP contribution in [0.15, 0.2) is 102 Å². The third-order valence-electron chi connectivity index (χ3n) is 6.36. The van der Waals surface area contributed by atoms with Crippen LogP contribution in [0.1, 0.15) is 11.1 Å². The molecule has 0 aromatic heterocycles. The molecule has 8 nitrogen and oxygen atoms in total. The van der Waals surface area contributed by atoms with Crippen molar-refractivity contribution in [3.05, 3.63) is 108 Å². The molecule has 0 aliphatic heterocycles. The zero-order chi connectivity index (χ0) is 27.9. The summed E-state index contributed by atoms with van der Waals surface area (Å²) in [6.45, 7) is 1.47. The molecule has 0 unspecified atom stereocenters. The Morgan fingerprint density at radius 2 is 1.32 bits per heavy atom. The lowest BCUT2D eigenvalue weighted by atomic mass is 9.92. The maximum atomic E-state index is 12.6. The van der Waals surface area contributed by atoms with Crippen LogP contribution >= 0.6 is 0 Å². The van der Waals surface area contributed by atoms with E-state index in [0.29, 0.717) is 11.5 Å². The average Bonchev–Trinajstić information content (AvgIpc) is 2.98. The van der Waals surface area contributed by atoms with Gasteiger partial charge in [0.2, 0.25) is 0 Å². The Labute approximate surface area is 231 Å². The van der Waals surface area contributed by atoms with Gasteiger partial charge in [-0.3, -0.25) is 15.0 Å². The number of hydrogen-bond acceptors (Lipinski definition) is 6. The van der Waals surface area contributed by atoms with Crippen LogP contribution in [-0.4, -0.2) is 31.2 Å². The van der Waals surface area contributed by atoms with Gasteiger partial charge < -0.3 is 9.47 Å². The number of nitrogens with one attached hydrogen (secondary N) is 2. The summed E-state index contributed by atoms with van der Waals surface area (Å²) in [5.74, 6) is 5.37. The molecule has 5 aromatic carbocycles. The highest BCUT2D eigenvalue weighted by Crippen LogP contribution is 2.45. The fraction of sp³-hybridized carbons (Fsp3) is 0.0938. The van der Waals surface area contributed by atoms with E-state index in [4.69, 9.17) is 15.3 Å². The molecule has 0 radical (unpaired) electrons. The van der Waals surface area contributed by atoms with Crippen molar-refractivity contribution in [1.82, 2.24) is 10.9 Å². The molecule has 40 heavy (non-hydrogen) atoms. The third kappa shape index (κ3) is 5.92. The Morgan fingerprint density at radius 3 is 1.90 bits per heavy atom. The number of amides is 2. The molecule has 8 heteroatoms. The highest BCUT2D eigenvalue weighted by molar-refractivity contribution is 6.09. The van der Waals surface area contributed by atoms with Gasteiger partial charge >= 0.3 is 0 Å². The molecule has 0 heterocycles. The van der Waals surface area contributed by atoms with E-state index in [2.05, 4.69) is 16.0 Å². The number of hydrazine groups is 1. The first kappa shape index (κ1) is 26.4. The van der Waals surface area contributed by atoms with Crippen molar-refractivity contribution in [3.8, 4) is 22.6 Å². The number of fused-ring (bicyclic) bond motifs is 2. The summed E-state index contributed by atoms with van der Waals surface area (Å²) in [5.41, 5.74) is 8.08. The van der Waals surface area contributed by atoms with Gasteiger partial charge in [0.1, 0.15) is 11.5 Å². The van der Waals surface area contributed by atoms with E-state index in [1.807, 2.05) is 104 Å². The maximum Gasteiger partial charge on any atom is 0.277 e. The quantitative estimate of drug-likeness (QED) is 0.108. The summed E-state index contributed by atoms with van der Waals surface area (Å²) in [6, 6.07) is 31.1. The van der Waals surface area contributed by atoms with E-state index in [9.17, 15) is 9.59 Å². The number of hydrazone groups is 1. The summed E-state index contributed by atoms with van der Waals surface area (Å²) in [5, 5.41) is 7.83. The standard InChI is InChI=1S/C32H28N4O4/c1-21-7-6-8-22(17-21)18-34-36-30(38)20-40-28-16-14-24-10-3-5-12-26(24)32(28)31-25-11-4-2-9-23(25)13-15-27(31)39-19-29(37)35-33/h2-18H,19-20,33H2,1H3,(H,35,37)(H,36,38). The van der Waals surface area contributed by atoms with Gasteiger partial charge in [0, 0.05) is 11.1 Å². The molecule has 0 saturated heterocycles. The van der Waals surface area contributed by atoms with Crippen LogP contribution in [-0.2, 0) is 9.59 Å². The van der Waals surface area contributed by atoms with Crippen LogP contribution in [0.3, 0.4) is 0 Å². The zero-order valence-corrected chi connectivity index (χ0v) is 21.9. The first-order valence-corrected chi connectivity index (χ1v) is 12.7. The lowest BCUT2D eigenvalue weighted by Gasteiger charge is -2.19. The molecule has 2 amide bonds. The molecule has 0 spiro atoms. The van der Waals surface area contributed by atoms with E-state index in [1.165, 1.54) is 0 Å². The number of ether oxygens (including phenoxy) is 2. The number of nitrogens with zero attached hydrogens (tertiary/aromatic N) is 1. The van der Waals surface area contributed by atoms with Crippen LogP contribution in [0.5, 0.6) is 11.5 Å². The molecule has 0 fully saturated rings. The minimum Gasteiger partial charge on any atom is -0.483 e. The minimum atomic E-state index is -0.462. The number of hydrogen-bond donors (Lipinski definition) is 3. The molecule has 0 aliphatic rings. The minimum absolute atomic E-state index is 0.257. The number of aryl methyl sites for hydroxylation is 1. The largest absolute Gasteiger partial charge is 0.483 e. The first-order chi connectivity index (χ1) is 19.5. The normalized spacial score (nSPS) is 11.1. The Kier molecular flexibility index (Phi) is 7.99. The summed E-state index contributed by atoms with van der Waals surface area (Å²) >= 11 is 0. The number of nitrogens with two attached hydrogens (primary N) is 1. The first-order valence-electron chi connectivity index (χ1n) is 12.7. The van der Waals surface area contributed by atoms with Gasteiger partial charge in [0.25, 0.3) is 11.8 Å². The molecular formula is C32H28N4O4. The van der Waals surface area contributed by atoms with Crippen molar-refractivity contribution in [3.63, 3.8) is 0 Å². The molecule has 5 aromatic rings. The van der Waals surface area contributed by atoms with Gasteiger partial charge in [0.05, 0.1) is 6.21 Å². The van der Waals surface area contributed by atoms with Gasteiger partial charge in [-0.15, -0.1) is 0 Å². The predicted molar refractivity (Wildman–Crippen MR) is 157 cm³/mol. The molecule has 0 aliphatic carbocycles. The van der Waals surface area contributed by atoms with Crippen molar-refractivity contribution in [2.75, 3.05) is 13.2 Å². The molecule has 4 N–H and O–H groups in total. The molecule has 0 bridgehead atoms. The second-order valence-corrected chi connectivity index (χ2v) is 9.17. The van der Waals surface area contributed by atoms with Crippen LogP contribution in [0.2, 0.25) is 0 Å². The van der Waals surface area contributed by atoms with E-state index in [1.54, 1.807) is 6.21 Å². The second-order valence-electron chi connectivity index (χ2n) is 9.17. The van der Waals surface area contributed by atoms with E-state index < -0.39 is 11.8 Å². The third-order valence-corrected chi connectivity index (χ3v) is 6.36. The van der Waals surface area contributed by atoms with Gasteiger partial charge in [-0.1, -0.05) is 90.5 Å². The van der Waals surface area contributed by atoms with Crippen molar-refractivity contribution in [2.45, 2.75) is 6.92 Å². The van der Waals surface area contributed by atoms with Gasteiger partial charge in [-0.2, -0.15) is 5.10 Å². The predicted octanol–water partition coefficient (Wildman–Crippen LogP) is 4.87. The summed E-state index contributed by atoms with van der Waals surface area (Å²) in [7, 11) is 0. The summed E-state index contributed by atoms with van der Waals surface area (Å²) in [6.07, 6.45) is 1.59. The van der Waals surface area contributed by atoms with Crippen LogP contribution < -0.4 is 26.2 Å². The van der Waals surface area contributed by atoms with Crippen molar-refractivity contribution in [1.29, 1.82) is 0 Å². The average molecular weight is 533 g/mol. The molecular weight excluding hydrogens is 504 g/mol.